The van der Waals surface area contributed by atoms with Crippen molar-refractivity contribution in [3.8, 4) is 0 Å². The average Bonchev–Trinajstić information content (AvgIpc) is 2.36. The maximum absolute atomic E-state index is 11.6. The SMILES string of the molecule is CCNC(=O)CNC(=O)c1ccc(NN)nc1. The second kappa shape index (κ2) is 6.44. The third-order valence-electron chi connectivity index (χ3n) is 1.96. The molecule has 0 aliphatic heterocycles. The van der Waals surface area contributed by atoms with E-state index in [0.717, 1.165) is 0 Å². The molecule has 7 heteroatoms. The zero-order valence-electron chi connectivity index (χ0n) is 9.49. The van der Waals surface area contributed by atoms with E-state index in [-0.39, 0.29) is 18.4 Å². The molecular weight excluding hydrogens is 222 g/mol. The summed E-state index contributed by atoms with van der Waals surface area (Å²) in [6.07, 6.45) is 1.38. The Morgan fingerprint density at radius 3 is 2.65 bits per heavy atom. The van der Waals surface area contributed by atoms with Crippen molar-refractivity contribution in [3.63, 3.8) is 0 Å². The Bertz CT molecular complexity index is 390. The predicted molar refractivity (Wildman–Crippen MR) is 63.1 cm³/mol. The van der Waals surface area contributed by atoms with E-state index in [0.29, 0.717) is 17.9 Å². The van der Waals surface area contributed by atoms with E-state index in [1.165, 1.54) is 6.20 Å². The van der Waals surface area contributed by atoms with E-state index >= 15 is 0 Å². The molecule has 0 bridgehead atoms. The summed E-state index contributed by atoms with van der Waals surface area (Å²) in [7, 11) is 0. The number of pyridine rings is 1. The summed E-state index contributed by atoms with van der Waals surface area (Å²) in [6, 6.07) is 3.14. The number of hydrazine groups is 1. The van der Waals surface area contributed by atoms with Gasteiger partial charge >= 0.3 is 0 Å². The third kappa shape index (κ3) is 4.07. The van der Waals surface area contributed by atoms with E-state index in [2.05, 4.69) is 21.0 Å². The summed E-state index contributed by atoms with van der Waals surface area (Å²) < 4.78 is 0. The number of hydrogen-bond acceptors (Lipinski definition) is 5. The smallest absolute Gasteiger partial charge is 0.253 e. The fraction of sp³-hybridized carbons (Fsp3) is 0.300. The molecule has 0 unspecified atom stereocenters. The number of likely N-dealkylation sites (N-methyl/N-ethyl adjacent to an activating group) is 1. The highest BCUT2D eigenvalue weighted by Crippen LogP contribution is 2.02. The van der Waals surface area contributed by atoms with Crippen LogP contribution in [-0.4, -0.2) is 29.9 Å². The molecule has 17 heavy (non-hydrogen) atoms. The summed E-state index contributed by atoms with van der Waals surface area (Å²) in [6.45, 7) is 2.29. The van der Waals surface area contributed by atoms with Crippen LogP contribution in [0.1, 0.15) is 17.3 Å². The van der Waals surface area contributed by atoms with Gasteiger partial charge in [-0.25, -0.2) is 10.8 Å². The largest absolute Gasteiger partial charge is 0.355 e. The van der Waals surface area contributed by atoms with Crippen molar-refractivity contribution in [2.75, 3.05) is 18.5 Å². The van der Waals surface area contributed by atoms with Gasteiger partial charge < -0.3 is 16.1 Å². The van der Waals surface area contributed by atoms with Crippen LogP contribution in [0.25, 0.3) is 0 Å². The van der Waals surface area contributed by atoms with E-state index in [4.69, 9.17) is 5.84 Å². The fourth-order valence-electron chi connectivity index (χ4n) is 1.14. The molecule has 1 heterocycles. The molecule has 0 fully saturated rings. The van der Waals surface area contributed by atoms with Crippen LogP contribution in [0.4, 0.5) is 5.82 Å². The highest BCUT2D eigenvalue weighted by molar-refractivity contribution is 5.96. The fourth-order valence-corrected chi connectivity index (χ4v) is 1.14. The Kier molecular flexibility index (Phi) is 4.89. The van der Waals surface area contributed by atoms with Crippen LogP contribution in [0, 0.1) is 0 Å². The molecule has 0 aliphatic carbocycles. The number of nitrogen functional groups attached to an aromatic ring is 1. The van der Waals surface area contributed by atoms with Gasteiger partial charge in [-0.15, -0.1) is 0 Å². The van der Waals surface area contributed by atoms with Gasteiger partial charge in [0.05, 0.1) is 12.1 Å². The number of rotatable bonds is 5. The van der Waals surface area contributed by atoms with Gasteiger partial charge in [-0.05, 0) is 19.1 Å². The highest BCUT2D eigenvalue weighted by Gasteiger charge is 2.07. The van der Waals surface area contributed by atoms with E-state index in [1.54, 1.807) is 12.1 Å². The van der Waals surface area contributed by atoms with Gasteiger partial charge in [0.2, 0.25) is 5.91 Å². The Hall–Kier alpha value is -2.15. The Labute approximate surface area is 98.8 Å². The van der Waals surface area contributed by atoms with Gasteiger partial charge in [-0.2, -0.15) is 0 Å². The van der Waals surface area contributed by atoms with Gasteiger partial charge in [0.1, 0.15) is 5.82 Å². The number of amides is 2. The first kappa shape index (κ1) is 12.9. The van der Waals surface area contributed by atoms with Crippen molar-refractivity contribution in [2.45, 2.75) is 6.92 Å². The van der Waals surface area contributed by atoms with Crippen LogP contribution in [0.2, 0.25) is 0 Å². The minimum Gasteiger partial charge on any atom is -0.355 e. The summed E-state index contributed by atoms with van der Waals surface area (Å²) in [5.74, 6) is 5.02. The molecule has 5 N–H and O–H groups in total. The van der Waals surface area contributed by atoms with Crippen molar-refractivity contribution >= 4 is 17.6 Å². The van der Waals surface area contributed by atoms with Crippen molar-refractivity contribution in [2.24, 2.45) is 5.84 Å². The molecule has 0 saturated carbocycles. The zero-order valence-corrected chi connectivity index (χ0v) is 9.49. The van der Waals surface area contributed by atoms with Gasteiger partial charge in [0, 0.05) is 12.7 Å². The minimum absolute atomic E-state index is 0.0520. The molecule has 0 atom stereocenters. The van der Waals surface area contributed by atoms with E-state index in [1.807, 2.05) is 6.92 Å². The molecule has 0 saturated heterocycles. The lowest BCUT2D eigenvalue weighted by Gasteiger charge is -2.05. The topological polar surface area (TPSA) is 109 Å². The van der Waals surface area contributed by atoms with Crippen LogP contribution in [0.5, 0.6) is 0 Å². The van der Waals surface area contributed by atoms with Gasteiger partial charge in [-0.3, -0.25) is 9.59 Å². The number of nitrogens with two attached hydrogens (primary N) is 1. The first-order valence-electron chi connectivity index (χ1n) is 5.15. The molecule has 1 rings (SSSR count). The second-order valence-electron chi connectivity index (χ2n) is 3.21. The lowest BCUT2D eigenvalue weighted by atomic mass is 10.2. The molecule has 92 valence electrons. The van der Waals surface area contributed by atoms with Crippen molar-refractivity contribution in [1.82, 2.24) is 15.6 Å². The summed E-state index contributed by atoms with van der Waals surface area (Å²) in [4.78, 5) is 26.6. The molecule has 0 radical (unpaired) electrons. The van der Waals surface area contributed by atoms with Gasteiger partial charge in [-0.1, -0.05) is 0 Å². The number of anilines is 1. The molecule has 1 aromatic rings. The third-order valence-corrected chi connectivity index (χ3v) is 1.96. The van der Waals surface area contributed by atoms with Gasteiger partial charge in [0.25, 0.3) is 5.91 Å². The summed E-state index contributed by atoms with van der Waals surface area (Å²) in [5, 5.41) is 5.05. The van der Waals surface area contributed by atoms with E-state index in [9.17, 15) is 9.59 Å². The molecule has 1 aromatic heterocycles. The molecule has 0 aromatic carbocycles. The van der Waals surface area contributed by atoms with Crippen LogP contribution in [0.15, 0.2) is 18.3 Å². The first-order valence-corrected chi connectivity index (χ1v) is 5.15. The molecule has 0 aliphatic rings. The molecule has 2 amide bonds. The average molecular weight is 237 g/mol. The van der Waals surface area contributed by atoms with Crippen molar-refractivity contribution < 1.29 is 9.59 Å². The maximum Gasteiger partial charge on any atom is 0.253 e. The highest BCUT2D eigenvalue weighted by atomic mass is 16.2. The number of aromatic nitrogens is 1. The molecule has 7 nitrogen and oxygen atoms in total. The van der Waals surface area contributed by atoms with Crippen LogP contribution >= 0.6 is 0 Å². The quantitative estimate of drug-likeness (QED) is 0.397. The van der Waals surface area contributed by atoms with Crippen molar-refractivity contribution in [3.05, 3.63) is 23.9 Å². The van der Waals surface area contributed by atoms with Crippen molar-refractivity contribution in [1.29, 1.82) is 0 Å². The normalized spacial score (nSPS) is 9.53. The minimum atomic E-state index is -0.354. The van der Waals surface area contributed by atoms with Crippen LogP contribution in [-0.2, 0) is 4.79 Å². The maximum atomic E-state index is 11.6. The Balaban J connectivity index is 2.49. The lowest BCUT2D eigenvalue weighted by Crippen LogP contribution is -2.36. The molecular formula is C10H15N5O2. The van der Waals surface area contributed by atoms with Crippen LogP contribution < -0.4 is 21.9 Å². The standard InChI is InChI=1S/C10H15N5O2/c1-2-12-9(16)6-14-10(17)7-3-4-8(15-11)13-5-7/h3-5H,2,6,11H2,1H3,(H,12,16)(H,13,15)(H,14,17). The van der Waals surface area contributed by atoms with Gasteiger partial charge in [0.15, 0.2) is 0 Å². The number of nitrogens with one attached hydrogen (secondary N) is 3. The number of carbonyl (C=O) groups is 2. The number of carbonyl (C=O) groups excluding carboxylic acids is 2. The summed E-state index contributed by atoms with van der Waals surface area (Å²) in [5.41, 5.74) is 2.72. The number of nitrogens with zero attached hydrogens (tertiary/aromatic N) is 1. The second-order valence-corrected chi connectivity index (χ2v) is 3.21. The van der Waals surface area contributed by atoms with Crippen LogP contribution in [0.3, 0.4) is 0 Å². The van der Waals surface area contributed by atoms with E-state index < -0.39 is 0 Å². The Morgan fingerprint density at radius 2 is 2.12 bits per heavy atom. The zero-order chi connectivity index (χ0) is 12.7. The Morgan fingerprint density at radius 1 is 1.35 bits per heavy atom. The molecule has 0 spiro atoms. The lowest BCUT2D eigenvalue weighted by molar-refractivity contribution is -0.120. The monoisotopic (exact) mass is 237 g/mol. The number of hydrogen-bond donors (Lipinski definition) is 4. The summed E-state index contributed by atoms with van der Waals surface area (Å²) >= 11 is 0. The first-order chi connectivity index (χ1) is 8.17. The predicted octanol–water partition coefficient (Wildman–Crippen LogP) is -0.767.